The van der Waals surface area contributed by atoms with Gasteiger partial charge >= 0.3 is 0 Å². The highest BCUT2D eigenvalue weighted by Gasteiger charge is 2.39. The molecule has 9 rings (SSSR count). The average molecular weight is 969 g/mol. The Morgan fingerprint density at radius 1 is 0.857 bits per heavy atom. The first-order valence-corrected chi connectivity index (χ1v) is 23.2. The summed E-state index contributed by atoms with van der Waals surface area (Å²) in [6, 6.07) is 21.2. The van der Waals surface area contributed by atoms with Crippen LogP contribution in [-0.2, 0) is 43.4 Å². The van der Waals surface area contributed by atoms with Crippen LogP contribution >= 0.6 is 11.6 Å². The lowest BCUT2D eigenvalue weighted by molar-refractivity contribution is -0.136. The summed E-state index contributed by atoms with van der Waals surface area (Å²) in [5.41, 5.74) is 6.72. The van der Waals surface area contributed by atoms with Gasteiger partial charge in [0.05, 0.1) is 75.9 Å². The van der Waals surface area contributed by atoms with Crippen LogP contribution in [0.2, 0.25) is 5.02 Å². The molecule has 0 bridgehead atoms. The van der Waals surface area contributed by atoms with Crippen molar-refractivity contribution in [2.75, 3.05) is 58.0 Å². The number of ether oxygens (including phenoxy) is 3. The van der Waals surface area contributed by atoms with Crippen LogP contribution in [0, 0.1) is 23.5 Å². The Labute approximate surface area is 406 Å². The summed E-state index contributed by atoms with van der Waals surface area (Å²) >= 11 is 6.36. The molecule has 3 aliphatic rings. The first-order chi connectivity index (χ1) is 34.2. The van der Waals surface area contributed by atoms with Crippen LogP contribution < -0.4 is 16.0 Å². The molecule has 6 aromatic rings. The second kappa shape index (κ2) is 22.4. The number of fused-ring (bicyclic) bond motifs is 4. The molecule has 16 nitrogen and oxygen atoms in total. The summed E-state index contributed by atoms with van der Waals surface area (Å²) in [7, 11) is 0. The van der Waals surface area contributed by atoms with Gasteiger partial charge < -0.3 is 29.7 Å². The molecule has 19 heteroatoms. The Bertz CT molecular complexity index is 2990. The van der Waals surface area contributed by atoms with Gasteiger partial charge in [-0.2, -0.15) is 0 Å². The molecule has 3 N–H and O–H groups in total. The normalized spacial score (nSPS) is 15.1. The number of aliphatic imine (C=N–C) groups is 1. The topological polar surface area (TPSA) is 187 Å². The summed E-state index contributed by atoms with van der Waals surface area (Å²) in [5.74, 6) is 4.28. The molecule has 70 heavy (non-hydrogen) atoms. The smallest absolute Gasteiger partial charge is 0.255 e. The third-order valence-electron chi connectivity index (χ3n) is 11.8. The van der Waals surface area contributed by atoms with Gasteiger partial charge in [0.2, 0.25) is 17.8 Å². The van der Waals surface area contributed by atoms with Crippen LogP contribution in [0.3, 0.4) is 0 Å². The molecule has 3 aliphatic heterocycles. The quantitative estimate of drug-likeness (QED) is 0.0470. The molecule has 1 unspecified atom stereocenters. The largest absolute Gasteiger partial charge is 0.378 e. The molecule has 0 radical (unpaired) electrons. The Morgan fingerprint density at radius 3 is 2.43 bits per heavy atom. The highest BCUT2D eigenvalue weighted by Crippen LogP contribution is 2.35. The molecule has 1 saturated heterocycles. The van der Waals surface area contributed by atoms with Gasteiger partial charge in [0.15, 0.2) is 0 Å². The predicted molar refractivity (Wildman–Crippen MR) is 256 cm³/mol. The summed E-state index contributed by atoms with van der Waals surface area (Å²) in [6.07, 6.45) is 4.65. The number of benzene rings is 4. The van der Waals surface area contributed by atoms with Crippen LogP contribution in [0.1, 0.15) is 57.4 Å². The third kappa shape index (κ3) is 11.3. The van der Waals surface area contributed by atoms with Gasteiger partial charge in [0.1, 0.15) is 23.4 Å². The van der Waals surface area contributed by atoms with Crippen molar-refractivity contribution in [1.29, 1.82) is 0 Å². The number of carbonyl (C=O) groups is 3. The number of amides is 3. The fraction of sp³-hybridized carbons (Fsp3) is 0.294. The number of anilines is 2. The van der Waals surface area contributed by atoms with Crippen LogP contribution in [-0.4, -0.2) is 112 Å². The van der Waals surface area contributed by atoms with Crippen molar-refractivity contribution in [3.63, 3.8) is 0 Å². The van der Waals surface area contributed by atoms with E-state index in [2.05, 4.69) is 48.1 Å². The van der Waals surface area contributed by atoms with E-state index in [1.165, 1.54) is 23.1 Å². The van der Waals surface area contributed by atoms with E-state index in [1.807, 2.05) is 36.5 Å². The van der Waals surface area contributed by atoms with E-state index in [1.54, 1.807) is 41.2 Å². The molecule has 358 valence electrons. The van der Waals surface area contributed by atoms with Gasteiger partial charge in [0, 0.05) is 82.8 Å². The fourth-order valence-electron chi connectivity index (χ4n) is 8.30. The predicted octanol–water partition coefficient (Wildman–Crippen LogP) is 6.27. The van der Waals surface area contributed by atoms with Crippen molar-refractivity contribution in [3.05, 3.63) is 141 Å². The Morgan fingerprint density at radius 2 is 1.63 bits per heavy atom. The maximum absolute atomic E-state index is 14.9. The van der Waals surface area contributed by atoms with Gasteiger partial charge in [-0.1, -0.05) is 59.0 Å². The molecule has 1 fully saturated rings. The zero-order chi connectivity index (χ0) is 48.4. The molecule has 0 saturated carbocycles. The number of hydrogen-bond acceptors (Lipinski definition) is 13. The van der Waals surface area contributed by atoms with Crippen molar-refractivity contribution < 1.29 is 37.4 Å². The van der Waals surface area contributed by atoms with Crippen molar-refractivity contribution in [1.82, 2.24) is 40.5 Å². The van der Waals surface area contributed by atoms with Crippen LogP contribution in [0.5, 0.6) is 0 Å². The maximum atomic E-state index is 14.9. The number of imide groups is 1. The average Bonchev–Trinajstić information content (AvgIpc) is 3.93. The minimum atomic E-state index is -0.722. The van der Waals surface area contributed by atoms with E-state index < -0.39 is 23.6 Å². The summed E-state index contributed by atoms with van der Waals surface area (Å²) in [4.78, 5) is 52.4. The number of carbonyl (C=O) groups excluding carboxylic acids is 3. The van der Waals surface area contributed by atoms with Gasteiger partial charge in [-0.05, 0) is 60.5 Å². The summed E-state index contributed by atoms with van der Waals surface area (Å²) in [6.45, 7) is 4.99. The number of nitrogens with zero attached hydrogens (tertiary/aromatic N) is 7. The number of halogens is 3. The molecule has 0 spiro atoms. The minimum Gasteiger partial charge on any atom is -0.378 e. The SMILES string of the molecule is O=C1CCC(N2Cc3c(C#CCCNCCOCCOCCOCCn4cc(-c5ccc(Nc6ncc7c(n6)-c6ccc(Cl)cc6C(c6c(F)cccc6F)=NC7)cc5)nn4)cccc3C2=O)C(=O)N1. The Hall–Kier alpha value is -7.27. The van der Waals surface area contributed by atoms with Crippen molar-refractivity contribution in [2.24, 2.45) is 4.99 Å². The van der Waals surface area contributed by atoms with Gasteiger partial charge in [-0.25, -0.2) is 23.4 Å². The van der Waals surface area contributed by atoms with E-state index in [4.69, 9.17) is 30.8 Å². The van der Waals surface area contributed by atoms with E-state index >= 15 is 0 Å². The highest BCUT2D eigenvalue weighted by molar-refractivity contribution is 6.31. The second-order valence-corrected chi connectivity index (χ2v) is 16.9. The lowest BCUT2D eigenvalue weighted by atomic mass is 9.95. The van der Waals surface area contributed by atoms with Crippen LogP contribution in [0.4, 0.5) is 20.4 Å². The number of hydrogen-bond donors (Lipinski definition) is 3. The van der Waals surface area contributed by atoms with E-state index in [9.17, 15) is 23.2 Å². The molecular formula is C51H47ClF2N10O6. The maximum Gasteiger partial charge on any atom is 0.255 e. The standard InChI is InChI=1S/C51H47ClF2N10O6/c52-35-12-15-37-39(27-35)48(46-41(53)8-4-9-42(46)54)56-28-34-29-57-51(60-47(34)37)58-36-13-10-33(11-14-36)43-31-63(62-61-43)20-22-69-24-26-70-25-23-68-21-19-55-18-2-1-5-32-6-3-7-38-40(32)30-64(50(38)67)44-16-17-45(65)59-49(44)66/h3-4,6-15,27,29,31,44,55H,2,16-26,28,30H2,(H,57,58,60)(H,59,65,66). The van der Waals surface area contributed by atoms with Crippen LogP contribution in [0.15, 0.2) is 96.2 Å². The number of aromatic nitrogens is 5. The molecule has 4 aromatic carbocycles. The Balaban J connectivity index is 0.639. The molecular weight excluding hydrogens is 922 g/mol. The molecule has 1 atom stereocenters. The van der Waals surface area contributed by atoms with Crippen LogP contribution in [0.25, 0.3) is 22.5 Å². The fourth-order valence-corrected chi connectivity index (χ4v) is 8.47. The second-order valence-electron chi connectivity index (χ2n) is 16.5. The third-order valence-corrected chi connectivity index (χ3v) is 12.0. The monoisotopic (exact) mass is 968 g/mol. The lowest BCUT2D eigenvalue weighted by Gasteiger charge is -2.29. The Kier molecular flexibility index (Phi) is 15.3. The van der Waals surface area contributed by atoms with E-state index in [0.29, 0.717) is 123 Å². The van der Waals surface area contributed by atoms with Crippen molar-refractivity contribution in [2.45, 2.75) is 44.9 Å². The van der Waals surface area contributed by atoms with Gasteiger partial charge in [0.25, 0.3) is 5.91 Å². The van der Waals surface area contributed by atoms with Gasteiger partial charge in [-0.3, -0.25) is 24.7 Å². The minimum absolute atomic E-state index is 0.115. The first kappa shape index (κ1) is 47.8. The van der Waals surface area contributed by atoms with E-state index in [-0.39, 0.29) is 36.1 Å². The highest BCUT2D eigenvalue weighted by atomic mass is 35.5. The van der Waals surface area contributed by atoms with Gasteiger partial charge in [-0.15, -0.1) is 5.10 Å². The summed E-state index contributed by atoms with van der Waals surface area (Å²) < 4.78 is 48.6. The first-order valence-electron chi connectivity index (χ1n) is 22.8. The zero-order valence-corrected chi connectivity index (χ0v) is 38.6. The molecule has 0 aliphatic carbocycles. The molecule has 3 amide bonds. The van der Waals surface area contributed by atoms with Crippen molar-refractivity contribution in [3.8, 4) is 34.4 Å². The number of rotatable bonds is 19. The molecule has 5 heterocycles. The van der Waals surface area contributed by atoms with Crippen molar-refractivity contribution >= 4 is 46.7 Å². The van der Waals surface area contributed by atoms with E-state index in [0.717, 1.165) is 22.4 Å². The number of piperidine rings is 1. The molecule has 2 aromatic heterocycles. The lowest BCUT2D eigenvalue weighted by Crippen LogP contribution is -2.52. The zero-order valence-electron chi connectivity index (χ0n) is 37.9. The number of nitrogens with one attached hydrogen (secondary N) is 3. The summed E-state index contributed by atoms with van der Waals surface area (Å²) in [5, 5.41) is 17.8.